The van der Waals surface area contributed by atoms with Crippen LogP contribution in [-0.4, -0.2) is 15.5 Å². The molecule has 0 amide bonds. The van der Waals surface area contributed by atoms with Gasteiger partial charge in [-0.3, -0.25) is 4.68 Å². The number of nitrogens with zero attached hydrogens (tertiary/aromatic N) is 2. The first kappa shape index (κ1) is 12.6. The highest BCUT2D eigenvalue weighted by molar-refractivity contribution is 7.99. The van der Waals surface area contributed by atoms with Crippen molar-refractivity contribution >= 4 is 11.8 Å². The molecule has 0 atom stereocenters. The number of hydrogen-bond acceptors (Lipinski definition) is 3. The SMILES string of the molecule is Cc1nn(C)c(SCCC(C)C)c1CN. The van der Waals surface area contributed by atoms with E-state index in [2.05, 4.69) is 18.9 Å². The largest absolute Gasteiger partial charge is 0.326 e. The molecule has 0 bridgehead atoms. The molecule has 0 aliphatic rings. The summed E-state index contributed by atoms with van der Waals surface area (Å²) in [5, 5.41) is 5.63. The molecule has 0 aromatic carbocycles. The molecule has 0 saturated carbocycles. The van der Waals surface area contributed by atoms with Crippen LogP contribution in [0, 0.1) is 12.8 Å². The number of rotatable bonds is 5. The van der Waals surface area contributed by atoms with Gasteiger partial charge in [0.25, 0.3) is 0 Å². The molecule has 0 spiro atoms. The Morgan fingerprint density at radius 3 is 2.67 bits per heavy atom. The van der Waals surface area contributed by atoms with Crippen LogP contribution < -0.4 is 5.73 Å². The average Bonchev–Trinajstić information content (AvgIpc) is 2.41. The second-order valence-corrected chi connectivity index (χ2v) is 5.31. The van der Waals surface area contributed by atoms with Gasteiger partial charge >= 0.3 is 0 Å². The Morgan fingerprint density at radius 2 is 2.13 bits per heavy atom. The van der Waals surface area contributed by atoms with Crippen LogP contribution >= 0.6 is 11.8 Å². The topological polar surface area (TPSA) is 43.8 Å². The van der Waals surface area contributed by atoms with Gasteiger partial charge in [0.15, 0.2) is 0 Å². The molecular formula is C11H21N3S. The number of nitrogens with two attached hydrogens (primary N) is 1. The lowest BCUT2D eigenvalue weighted by atomic mass is 10.2. The fourth-order valence-corrected chi connectivity index (χ4v) is 2.90. The van der Waals surface area contributed by atoms with Crippen LogP contribution in [0.3, 0.4) is 0 Å². The van der Waals surface area contributed by atoms with E-state index in [0.717, 1.165) is 17.4 Å². The zero-order chi connectivity index (χ0) is 11.4. The summed E-state index contributed by atoms with van der Waals surface area (Å²) in [6.07, 6.45) is 1.24. The lowest BCUT2D eigenvalue weighted by molar-refractivity contribution is 0.629. The van der Waals surface area contributed by atoms with Gasteiger partial charge in [-0.15, -0.1) is 11.8 Å². The predicted octanol–water partition coefficient (Wildman–Crippen LogP) is 2.33. The van der Waals surface area contributed by atoms with Gasteiger partial charge in [-0.1, -0.05) is 13.8 Å². The summed E-state index contributed by atoms with van der Waals surface area (Å²) in [6.45, 7) is 7.11. The first-order valence-electron chi connectivity index (χ1n) is 5.41. The number of aromatic nitrogens is 2. The summed E-state index contributed by atoms with van der Waals surface area (Å²) < 4.78 is 1.95. The van der Waals surface area contributed by atoms with Crippen LogP contribution in [0.4, 0.5) is 0 Å². The first-order valence-corrected chi connectivity index (χ1v) is 6.40. The summed E-state index contributed by atoms with van der Waals surface area (Å²) in [6, 6.07) is 0. The zero-order valence-corrected chi connectivity index (χ0v) is 10.9. The van der Waals surface area contributed by atoms with Crippen molar-refractivity contribution in [3.8, 4) is 0 Å². The van der Waals surface area contributed by atoms with E-state index in [9.17, 15) is 0 Å². The van der Waals surface area contributed by atoms with Gasteiger partial charge in [0, 0.05) is 19.2 Å². The second-order valence-electron chi connectivity index (χ2n) is 4.23. The van der Waals surface area contributed by atoms with Crippen molar-refractivity contribution < 1.29 is 0 Å². The standard InChI is InChI=1S/C11H21N3S/c1-8(2)5-6-15-11-10(7-12)9(3)13-14(11)4/h8H,5-7,12H2,1-4H3. The van der Waals surface area contributed by atoms with Crippen molar-refractivity contribution in [2.24, 2.45) is 18.7 Å². The van der Waals surface area contributed by atoms with Crippen LogP contribution in [0.2, 0.25) is 0 Å². The lowest BCUT2D eigenvalue weighted by Crippen LogP contribution is -2.01. The van der Waals surface area contributed by atoms with E-state index in [1.165, 1.54) is 17.0 Å². The Balaban J connectivity index is 2.67. The molecule has 4 heteroatoms. The summed E-state index contributed by atoms with van der Waals surface area (Å²) in [4.78, 5) is 0. The monoisotopic (exact) mass is 227 g/mol. The minimum Gasteiger partial charge on any atom is -0.326 e. The van der Waals surface area contributed by atoms with E-state index >= 15 is 0 Å². The summed E-state index contributed by atoms with van der Waals surface area (Å²) in [7, 11) is 1.99. The van der Waals surface area contributed by atoms with Crippen molar-refractivity contribution in [2.45, 2.75) is 38.8 Å². The molecule has 0 aliphatic heterocycles. The highest BCUT2D eigenvalue weighted by Crippen LogP contribution is 2.25. The van der Waals surface area contributed by atoms with Gasteiger partial charge in [0.05, 0.1) is 10.7 Å². The minimum atomic E-state index is 0.587. The second kappa shape index (κ2) is 5.56. The Kier molecular flexibility index (Phi) is 4.67. The van der Waals surface area contributed by atoms with Gasteiger partial charge in [0.2, 0.25) is 0 Å². The lowest BCUT2D eigenvalue weighted by Gasteiger charge is -2.06. The van der Waals surface area contributed by atoms with E-state index < -0.39 is 0 Å². The average molecular weight is 227 g/mol. The van der Waals surface area contributed by atoms with E-state index in [-0.39, 0.29) is 0 Å². The normalized spacial score (nSPS) is 11.3. The van der Waals surface area contributed by atoms with Crippen molar-refractivity contribution in [1.29, 1.82) is 0 Å². The third-order valence-electron chi connectivity index (χ3n) is 2.43. The molecule has 1 aromatic heterocycles. The molecule has 1 aromatic rings. The minimum absolute atomic E-state index is 0.587. The van der Waals surface area contributed by atoms with Crippen molar-refractivity contribution in [3.63, 3.8) is 0 Å². The maximum atomic E-state index is 5.73. The maximum Gasteiger partial charge on any atom is 0.0984 e. The Bertz CT molecular complexity index is 318. The molecular weight excluding hydrogens is 206 g/mol. The molecule has 0 fully saturated rings. The number of hydrogen-bond donors (Lipinski definition) is 1. The number of aryl methyl sites for hydroxylation is 2. The van der Waals surface area contributed by atoms with Crippen molar-refractivity contribution in [2.75, 3.05) is 5.75 Å². The van der Waals surface area contributed by atoms with Gasteiger partial charge in [-0.2, -0.15) is 5.10 Å². The van der Waals surface area contributed by atoms with Crippen LogP contribution in [0.15, 0.2) is 5.03 Å². The van der Waals surface area contributed by atoms with Crippen LogP contribution in [-0.2, 0) is 13.6 Å². The van der Waals surface area contributed by atoms with Gasteiger partial charge < -0.3 is 5.73 Å². The summed E-state index contributed by atoms with van der Waals surface area (Å²) in [5.74, 6) is 1.90. The van der Waals surface area contributed by atoms with Crippen molar-refractivity contribution in [3.05, 3.63) is 11.3 Å². The third kappa shape index (κ3) is 3.24. The molecule has 1 rings (SSSR count). The molecule has 0 unspecified atom stereocenters. The molecule has 0 saturated heterocycles. The van der Waals surface area contributed by atoms with E-state index in [0.29, 0.717) is 6.54 Å². The van der Waals surface area contributed by atoms with E-state index in [1.54, 1.807) is 0 Å². The van der Waals surface area contributed by atoms with Crippen LogP contribution in [0.5, 0.6) is 0 Å². The quantitative estimate of drug-likeness (QED) is 0.785. The van der Waals surface area contributed by atoms with Gasteiger partial charge in [-0.25, -0.2) is 0 Å². The Morgan fingerprint density at radius 1 is 1.47 bits per heavy atom. The molecule has 2 N–H and O–H groups in total. The Labute approximate surface area is 96.4 Å². The summed E-state index contributed by atoms with van der Waals surface area (Å²) >= 11 is 1.87. The molecule has 3 nitrogen and oxygen atoms in total. The van der Waals surface area contributed by atoms with E-state index in [1.807, 2.05) is 30.4 Å². The third-order valence-corrected chi connectivity index (χ3v) is 3.65. The maximum absolute atomic E-state index is 5.73. The molecule has 86 valence electrons. The smallest absolute Gasteiger partial charge is 0.0984 e. The van der Waals surface area contributed by atoms with Crippen molar-refractivity contribution in [1.82, 2.24) is 9.78 Å². The molecule has 0 radical (unpaired) electrons. The Hall–Kier alpha value is -0.480. The zero-order valence-electron chi connectivity index (χ0n) is 10.1. The fraction of sp³-hybridized carbons (Fsp3) is 0.727. The summed E-state index contributed by atoms with van der Waals surface area (Å²) in [5.41, 5.74) is 7.99. The van der Waals surface area contributed by atoms with Crippen LogP contribution in [0.25, 0.3) is 0 Å². The highest BCUT2D eigenvalue weighted by Gasteiger charge is 2.11. The molecule has 15 heavy (non-hydrogen) atoms. The number of thioether (sulfide) groups is 1. The highest BCUT2D eigenvalue weighted by atomic mass is 32.2. The van der Waals surface area contributed by atoms with Gasteiger partial charge in [-0.05, 0) is 25.0 Å². The van der Waals surface area contributed by atoms with Crippen LogP contribution in [0.1, 0.15) is 31.5 Å². The molecule has 1 heterocycles. The first-order chi connectivity index (χ1) is 7.06. The molecule has 0 aliphatic carbocycles. The fourth-order valence-electron chi connectivity index (χ4n) is 1.49. The predicted molar refractivity (Wildman–Crippen MR) is 66.0 cm³/mol. The van der Waals surface area contributed by atoms with E-state index in [4.69, 9.17) is 5.73 Å². The van der Waals surface area contributed by atoms with Gasteiger partial charge in [0.1, 0.15) is 0 Å².